The number of barbiturate groups is 1. The molecule has 0 radical (unpaired) electrons. The summed E-state index contributed by atoms with van der Waals surface area (Å²) in [6.07, 6.45) is 0. The maximum absolute atomic E-state index is 12.1. The Labute approximate surface area is 108 Å². The van der Waals surface area contributed by atoms with Gasteiger partial charge in [0.2, 0.25) is 5.91 Å². The second kappa shape index (κ2) is 4.89. The maximum atomic E-state index is 12.1. The SMILES string of the molecule is CC(=O)NC1C(=O)NC(=O)N(c2ccccc2)C1=O. The summed E-state index contributed by atoms with van der Waals surface area (Å²) in [7, 11) is 0. The van der Waals surface area contributed by atoms with Gasteiger partial charge in [-0.1, -0.05) is 18.2 Å². The fourth-order valence-corrected chi connectivity index (χ4v) is 1.73. The van der Waals surface area contributed by atoms with Crippen molar-refractivity contribution in [3.05, 3.63) is 30.3 Å². The number of nitrogens with one attached hydrogen (secondary N) is 2. The van der Waals surface area contributed by atoms with Crippen LogP contribution in [-0.4, -0.2) is 29.8 Å². The van der Waals surface area contributed by atoms with E-state index in [0.29, 0.717) is 5.69 Å². The fourth-order valence-electron chi connectivity index (χ4n) is 1.73. The highest BCUT2D eigenvalue weighted by Crippen LogP contribution is 2.17. The molecule has 1 aliphatic rings. The van der Waals surface area contributed by atoms with Crippen LogP contribution in [0.4, 0.5) is 10.5 Å². The first-order valence-electron chi connectivity index (χ1n) is 5.51. The standard InChI is InChI=1S/C12H11N3O4/c1-7(16)13-9-10(17)14-12(19)15(11(9)18)8-5-3-2-4-6-8/h2-6,9H,1H3,(H,13,16)(H,14,17,19). The van der Waals surface area contributed by atoms with Crippen molar-refractivity contribution in [3.63, 3.8) is 0 Å². The molecule has 0 saturated carbocycles. The van der Waals surface area contributed by atoms with Crippen LogP contribution in [0.25, 0.3) is 0 Å². The molecule has 2 rings (SSSR count). The number of imide groups is 2. The summed E-state index contributed by atoms with van der Waals surface area (Å²) in [5, 5.41) is 4.23. The van der Waals surface area contributed by atoms with Crippen LogP contribution in [-0.2, 0) is 14.4 Å². The first kappa shape index (κ1) is 12.7. The Hall–Kier alpha value is -2.70. The van der Waals surface area contributed by atoms with Gasteiger partial charge in [0.1, 0.15) is 0 Å². The van der Waals surface area contributed by atoms with Gasteiger partial charge in [-0.3, -0.25) is 19.7 Å². The van der Waals surface area contributed by atoms with E-state index in [2.05, 4.69) is 5.32 Å². The molecule has 0 spiro atoms. The summed E-state index contributed by atoms with van der Waals surface area (Å²) in [6.45, 7) is 1.18. The number of benzene rings is 1. The van der Waals surface area contributed by atoms with Gasteiger partial charge in [0.25, 0.3) is 11.8 Å². The van der Waals surface area contributed by atoms with Crippen LogP contribution in [0.3, 0.4) is 0 Å². The van der Waals surface area contributed by atoms with Crippen LogP contribution < -0.4 is 15.5 Å². The third-order valence-corrected chi connectivity index (χ3v) is 2.52. The topological polar surface area (TPSA) is 95.6 Å². The normalized spacial score (nSPS) is 19.1. The molecule has 1 aromatic carbocycles. The molecule has 0 aliphatic carbocycles. The molecule has 0 bridgehead atoms. The maximum Gasteiger partial charge on any atom is 0.335 e. The molecule has 1 fully saturated rings. The highest BCUT2D eigenvalue weighted by atomic mass is 16.2. The zero-order valence-electron chi connectivity index (χ0n) is 10.0. The van der Waals surface area contributed by atoms with E-state index in [4.69, 9.17) is 0 Å². The van der Waals surface area contributed by atoms with Gasteiger partial charge in [-0.25, -0.2) is 9.69 Å². The van der Waals surface area contributed by atoms with E-state index < -0.39 is 29.8 Å². The zero-order valence-corrected chi connectivity index (χ0v) is 10.0. The Bertz CT molecular complexity index is 555. The number of nitrogens with zero attached hydrogens (tertiary/aromatic N) is 1. The number of anilines is 1. The third kappa shape index (κ3) is 2.44. The lowest BCUT2D eigenvalue weighted by molar-refractivity contribution is -0.135. The molecule has 19 heavy (non-hydrogen) atoms. The number of hydrogen-bond acceptors (Lipinski definition) is 4. The highest BCUT2D eigenvalue weighted by Gasteiger charge is 2.41. The minimum absolute atomic E-state index is 0.327. The van der Waals surface area contributed by atoms with Crippen LogP contribution in [0.15, 0.2) is 30.3 Å². The van der Waals surface area contributed by atoms with Crippen molar-refractivity contribution in [3.8, 4) is 0 Å². The first-order chi connectivity index (χ1) is 9.00. The van der Waals surface area contributed by atoms with Crippen molar-refractivity contribution in [2.24, 2.45) is 0 Å². The van der Waals surface area contributed by atoms with E-state index in [1.165, 1.54) is 6.92 Å². The number of hydrogen-bond donors (Lipinski definition) is 2. The Morgan fingerprint density at radius 1 is 1.21 bits per heavy atom. The molecule has 1 atom stereocenters. The molecule has 1 aromatic rings. The average molecular weight is 261 g/mol. The number of para-hydroxylation sites is 1. The van der Waals surface area contributed by atoms with Gasteiger partial charge in [0.05, 0.1) is 5.69 Å². The number of amides is 5. The molecule has 98 valence electrons. The number of carbonyl (C=O) groups excluding carboxylic acids is 4. The lowest BCUT2D eigenvalue weighted by Gasteiger charge is -2.30. The molecule has 0 aromatic heterocycles. The van der Waals surface area contributed by atoms with E-state index in [1.807, 2.05) is 5.32 Å². The number of rotatable bonds is 2. The van der Waals surface area contributed by atoms with Gasteiger partial charge in [0, 0.05) is 6.92 Å². The number of carbonyl (C=O) groups is 4. The van der Waals surface area contributed by atoms with E-state index in [0.717, 1.165) is 4.90 Å². The Kier molecular flexibility index (Phi) is 3.28. The first-order valence-corrected chi connectivity index (χ1v) is 5.51. The van der Waals surface area contributed by atoms with Crippen molar-refractivity contribution in [2.75, 3.05) is 4.90 Å². The van der Waals surface area contributed by atoms with Crippen LogP contribution in [0.2, 0.25) is 0 Å². The molecule has 5 amide bonds. The Morgan fingerprint density at radius 3 is 2.42 bits per heavy atom. The van der Waals surface area contributed by atoms with Gasteiger partial charge in [-0.05, 0) is 12.1 Å². The molecular formula is C12H11N3O4. The highest BCUT2D eigenvalue weighted by molar-refractivity contribution is 6.30. The molecule has 7 heteroatoms. The Balaban J connectivity index is 2.33. The monoisotopic (exact) mass is 261 g/mol. The van der Waals surface area contributed by atoms with Gasteiger partial charge in [0.15, 0.2) is 6.04 Å². The van der Waals surface area contributed by atoms with Crippen LogP contribution in [0, 0.1) is 0 Å². The van der Waals surface area contributed by atoms with Gasteiger partial charge < -0.3 is 5.32 Å². The summed E-state index contributed by atoms with van der Waals surface area (Å²) < 4.78 is 0. The molecule has 2 N–H and O–H groups in total. The second-order valence-corrected chi connectivity index (χ2v) is 3.94. The van der Waals surface area contributed by atoms with Gasteiger partial charge >= 0.3 is 6.03 Å². The average Bonchev–Trinajstić information content (AvgIpc) is 2.35. The third-order valence-electron chi connectivity index (χ3n) is 2.52. The van der Waals surface area contributed by atoms with Crippen molar-refractivity contribution in [1.29, 1.82) is 0 Å². The molecule has 1 unspecified atom stereocenters. The zero-order chi connectivity index (χ0) is 14.0. The predicted molar refractivity (Wildman–Crippen MR) is 65.1 cm³/mol. The quantitative estimate of drug-likeness (QED) is 0.719. The van der Waals surface area contributed by atoms with E-state index in [-0.39, 0.29) is 0 Å². The van der Waals surface area contributed by atoms with Crippen molar-refractivity contribution in [1.82, 2.24) is 10.6 Å². The van der Waals surface area contributed by atoms with Crippen molar-refractivity contribution in [2.45, 2.75) is 13.0 Å². The van der Waals surface area contributed by atoms with Crippen molar-refractivity contribution >= 4 is 29.4 Å². The summed E-state index contributed by atoms with van der Waals surface area (Å²) in [5.41, 5.74) is 0.327. The summed E-state index contributed by atoms with van der Waals surface area (Å²) in [4.78, 5) is 47.2. The molecular weight excluding hydrogens is 250 g/mol. The van der Waals surface area contributed by atoms with E-state index in [1.54, 1.807) is 30.3 Å². The summed E-state index contributed by atoms with van der Waals surface area (Å²) >= 11 is 0. The van der Waals surface area contributed by atoms with Crippen LogP contribution in [0.5, 0.6) is 0 Å². The minimum Gasteiger partial charge on any atom is -0.337 e. The molecule has 1 saturated heterocycles. The summed E-state index contributed by atoms with van der Waals surface area (Å²) in [5.74, 6) is -2.15. The summed E-state index contributed by atoms with van der Waals surface area (Å²) in [6, 6.07) is 5.92. The van der Waals surface area contributed by atoms with Crippen molar-refractivity contribution < 1.29 is 19.2 Å². The van der Waals surface area contributed by atoms with Crippen LogP contribution in [0.1, 0.15) is 6.92 Å². The largest absolute Gasteiger partial charge is 0.337 e. The molecule has 1 heterocycles. The number of urea groups is 1. The van der Waals surface area contributed by atoms with Gasteiger partial charge in [-0.2, -0.15) is 0 Å². The smallest absolute Gasteiger partial charge is 0.335 e. The fraction of sp³-hybridized carbons (Fsp3) is 0.167. The molecule has 1 aliphatic heterocycles. The van der Waals surface area contributed by atoms with E-state index >= 15 is 0 Å². The molecule has 7 nitrogen and oxygen atoms in total. The second-order valence-electron chi connectivity index (χ2n) is 3.94. The van der Waals surface area contributed by atoms with Crippen LogP contribution >= 0.6 is 0 Å². The lowest BCUT2D eigenvalue weighted by Crippen LogP contribution is -2.65. The van der Waals surface area contributed by atoms with Gasteiger partial charge in [-0.15, -0.1) is 0 Å². The lowest BCUT2D eigenvalue weighted by atomic mass is 10.1. The minimum atomic E-state index is -1.39. The predicted octanol–water partition coefficient (Wildman–Crippen LogP) is -0.226. The van der Waals surface area contributed by atoms with E-state index in [9.17, 15) is 19.2 Å². The Morgan fingerprint density at radius 2 is 1.84 bits per heavy atom.